The van der Waals surface area contributed by atoms with Crippen molar-refractivity contribution in [1.29, 1.82) is 0 Å². The molecular weight excluding hydrogens is 320 g/mol. The van der Waals surface area contributed by atoms with Crippen molar-refractivity contribution in [1.82, 2.24) is 0 Å². The van der Waals surface area contributed by atoms with Crippen LogP contribution in [0.4, 0.5) is 0 Å². The van der Waals surface area contributed by atoms with Crippen LogP contribution in [0, 0.1) is 0 Å². The Hall–Kier alpha value is -2.07. The number of carbonyl (C=O) groups is 2. The van der Waals surface area contributed by atoms with Crippen LogP contribution in [0.1, 0.15) is 41.8 Å². The minimum Gasteiger partial charge on any atom is -0.466 e. The number of thioether (sulfide) groups is 1. The standard InChI is InChI=1S/C20H22O3S/c1-3-7-15-10-12-16(13-11-15)20(22)24-18-9-6-5-8-17(18)14-19(21)23-4-2/h5-6,8-13H,3-4,7,14H2,1-2H3. The SMILES string of the molecule is CCCc1ccc(C(=O)Sc2ccccc2CC(=O)OCC)cc1. The lowest BCUT2D eigenvalue weighted by atomic mass is 10.1. The summed E-state index contributed by atoms with van der Waals surface area (Å²) in [6.45, 7) is 4.27. The topological polar surface area (TPSA) is 43.4 Å². The maximum Gasteiger partial charge on any atom is 0.310 e. The van der Waals surface area contributed by atoms with Crippen LogP contribution in [0.5, 0.6) is 0 Å². The molecule has 126 valence electrons. The van der Waals surface area contributed by atoms with E-state index < -0.39 is 0 Å². The van der Waals surface area contributed by atoms with Crippen LogP contribution in [0.3, 0.4) is 0 Å². The number of hydrogen-bond donors (Lipinski definition) is 0. The number of carbonyl (C=O) groups excluding carboxylic acids is 2. The van der Waals surface area contributed by atoms with Crippen LogP contribution in [0.15, 0.2) is 53.4 Å². The number of esters is 1. The van der Waals surface area contributed by atoms with Gasteiger partial charge in [-0.25, -0.2) is 0 Å². The first-order valence-electron chi connectivity index (χ1n) is 8.18. The van der Waals surface area contributed by atoms with Gasteiger partial charge in [-0.05, 0) is 42.3 Å². The summed E-state index contributed by atoms with van der Waals surface area (Å²) in [6, 6.07) is 15.2. The molecule has 0 bridgehead atoms. The third-order valence-electron chi connectivity index (χ3n) is 3.54. The van der Waals surface area contributed by atoms with Gasteiger partial charge >= 0.3 is 5.97 Å². The lowest BCUT2D eigenvalue weighted by Crippen LogP contribution is -2.08. The molecule has 0 spiro atoms. The molecule has 0 amide bonds. The lowest BCUT2D eigenvalue weighted by Gasteiger charge is -2.08. The third-order valence-corrected chi connectivity index (χ3v) is 4.58. The quantitative estimate of drug-likeness (QED) is 0.541. The van der Waals surface area contributed by atoms with Gasteiger partial charge in [-0.3, -0.25) is 9.59 Å². The molecule has 0 heterocycles. The van der Waals surface area contributed by atoms with E-state index >= 15 is 0 Å². The smallest absolute Gasteiger partial charge is 0.310 e. The fourth-order valence-electron chi connectivity index (χ4n) is 2.37. The molecule has 2 aromatic rings. The highest BCUT2D eigenvalue weighted by molar-refractivity contribution is 8.14. The molecular formula is C20H22O3S. The zero-order chi connectivity index (χ0) is 17.4. The molecule has 0 saturated heterocycles. The summed E-state index contributed by atoms with van der Waals surface area (Å²) in [5.41, 5.74) is 2.73. The Kier molecular flexibility index (Phi) is 7.07. The average molecular weight is 342 g/mol. The van der Waals surface area contributed by atoms with E-state index in [-0.39, 0.29) is 17.5 Å². The zero-order valence-electron chi connectivity index (χ0n) is 14.1. The second-order valence-electron chi connectivity index (χ2n) is 5.43. The largest absolute Gasteiger partial charge is 0.466 e. The molecule has 0 aromatic heterocycles. The first-order valence-corrected chi connectivity index (χ1v) is 9.00. The highest BCUT2D eigenvalue weighted by Gasteiger charge is 2.13. The Bertz CT molecular complexity index is 692. The van der Waals surface area contributed by atoms with Crippen molar-refractivity contribution in [2.75, 3.05) is 6.61 Å². The van der Waals surface area contributed by atoms with E-state index in [4.69, 9.17) is 4.74 Å². The van der Waals surface area contributed by atoms with Gasteiger partial charge < -0.3 is 4.74 Å². The highest BCUT2D eigenvalue weighted by Crippen LogP contribution is 2.27. The van der Waals surface area contributed by atoms with Gasteiger partial charge in [0.15, 0.2) is 0 Å². The van der Waals surface area contributed by atoms with E-state index in [9.17, 15) is 9.59 Å². The fraction of sp³-hybridized carbons (Fsp3) is 0.300. The van der Waals surface area contributed by atoms with Gasteiger partial charge in [0.25, 0.3) is 0 Å². The molecule has 0 saturated carbocycles. The molecule has 0 radical (unpaired) electrons. The van der Waals surface area contributed by atoms with Crippen LogP contribution >= 0.6 is 11.8 Å². The Labute approximate surface area is 147 Å². The number of hydrogen-bond acceptors (Lipinski definition) is 4. The van der Waals surface area contributed by atoms with Crippen molar-refractivity contribution in [2.45, 2.75) is 38.0 Å². The molecule has 4 heteroatoms. The molecule has 0 atom stereocenters. The van der Waals surface area contributed by atoms with Crippen LogP contribution in [-0.2, 0) is 22.4 Å². The average Bonchev–Trinajstić information content (AvgIpc) is 2.58. The van der Waals surface area contributed by atoms with Gasteiger partial charge in [-0.2, -0.15) is 0 Å². The summed E-state index contributed by atoms with van der Waals surface area (Å²) in [7, 11) is 0. The molecule has 0 aliphatic heterocycles. The van der Waals surface area contributed by atoms with E-state index in [1.807, 2.05) is 48.5 Å². The summed E-state index contributed by atoms with van der Waals surface area (Å²) in [4.78, 5) is 25.0. The summed E-state index contributed by atoms with van der Waals surface area (Å²) >= 11 is 1.16. The predicted octanol–water partition coefficient (Wildman–Crippen LogP) is 4.68. The minimum atomic E-state index is -0.276. The van der Waals surface area contributed by atoms with Crippen molar-refractivity contribution < 1.29 is 14.3 Å². The van der Waals surface area contributed by atoms with Gasteiger partial charge in [-0.15, -0.1) is 0 Å². The van der Waals surface area contributed by atoms with Crippen molar-refractivity contribution in [3.8, 4) is 0 Å². The predicted molar refractivity (Wildman–Crippen MR) is 97.4 cm³/mol. The van der Waals surface area contributed by atoms with Gasteiger partial charge in [0.05, 0.1) is 13.0 Å². The molecule has 0 aliphatic rings. The van der Waals surface area contributed by atoms with Crippen LogP contribution in [-0.4, -0.2) is 17.7 Å². The fourth-order valence-corrected chi connectivity index (χ4v) is 3.24. The molecule has 2 rings (SSSR count). The van der Waals surface area contributed by atoms with Gasteiger partial charge in [0.1, 0.15) is 0 Å². The van der Waals surface area contributed by atoms with E-state index in [0.29, 0.717) is 12.2 Å². The minimum absolute atomic E-state index is 0.0191. The third kappa shape index (κ3) is 5.24. The molecule has 0 fully saturated rings. The van der Waals surface area contributed by atoms with Crippen molar-refractivity contribution in [3.05, 3.63) is 65.2 Å². The second kappa shape index (κ2) is 9.28. The molecule has 2 aromatic carbocycles. The van der Waals surface area contributed by atoms with E-state index in [0.717, 1.165) is 35.1 Å². The van der Waals surface area contributed by atoms with E-state index in [1.165, 1.54) is 5.56 Å². The molecule has 24 heavy (non-hydrogen) atoms. The number of aryl methyl sites for hydroxylation is 1. The zero-order valence-corrected chi connectivity index (χ0v) is 14.9. The Morgan fingerprint density at radius 2 is 1.71 bits per heavy atom. The van der Waals surface area contributed by atoms with E-state index in [2.05, 4.69) is 6.92 Å². The first-order chi connectivity index (χ1) is 11.6. The van der Waals surface area contributed by atoms with Gasteiger partial charge in [0, 0.05) is 10.5 Å². The van der Waals surface area contributed by atoms with Crippen LogP contribution < -0.4 is 0 Å². The normalized spacial score (nSPS) is 10.4. The first kappa shape index (κ1) is 18.3. The van der Waals surface area contributed by atoms with Crippen molar-refractivity contribution in [2.24, 2.45) is 0 Å². The maximum absolute atomic E-state index is 12.5. The van der Waals surface area contributed by atoms with Crippen LogP contribution in [0.2, 0.25) is 0 Å². The summed E-state index contributed by atoms with van der Waals surface area (Å²) < 4.78 is 4.99. The summed E-state index contributed by atoms with van der Waals surface area (Å²) in [5.74, 6) is -0.276. The van der Waals surface area contributed by atoms with Crippen LogP contribution in [0.25, 0.3) is 0 Å². The maximum atomic E-state index is 12.5. The number of rotatable bonds is 7. The number of benzene rings is 2. The molecule has 0 N–H and O–H groups in total. The summed E-state index contributed by atoms with van der Waals surface area (Å²) in [6.07, 6.45) is 2.28. The van der Waals surface area contributed by atoms with Crippen molar-refractivity contribution in [3.63, 3.8) is 0 Å². The molecule has 0 aliphatic carbocycles. The van der Waals surface area contributed by atoms with E-state index in [1.54, 1.807) is 6.92 Å². The second-order valence-corrected chi connectivity index (χ2v) is 6.44. The summed E-state index contributed by atoms with van der Waals surface area (Å²) in [5, 5.41) is -0.0191. The van der Waals surface area contributed by atoms with Crippen molar-refractivity contribution >= 4 is 22.8 Å². The van der Waals surface area contributed by atoms with Gasteiger partial charge in [-0.1, -0.05) is 55.8 Å². The Morgan fingerprint density at radius 1 is 1.00 bits per heavy atom. The molecule has 0 unspecified atom stereocenters. The Balaban J connectivity index is 2.09. The lowest BCUT2D eigenvalue weighted by molar-refractivity contribution is -0.142. The monoisotopic (exact) mass is 342 g/mol. The van der Waals surface area contributed by atoms with Gasteiger partial charge in [0.2, 0.25) is 5.12 Å². The highest BCUT2D eigenvalue weighted by atomic mass is 32.2. The molecule has 3 nitrogen and oxygen atoms in total. The number of ether oxygens (including phenoxy) is 1. The Morgan fingerprint density at radius 3 is 2.38 bits per heavy atom.